The summed E-state index contributed by atoms with van der Waals surface area (Å²) in [6.07, 6.45) is 8.97. The Balaban J connectivity index is 2.25. The minimum absolute atomic E-state index is 0.259. The summed E-state index contributed by atoms with van der Waals surface area (Å²) in [5.74, 6) is 0.964. The van der Waals surface area contributed by atoms with E-state index < -0.39 is 0 Å². The number of ether oxygens (including phenoxy) is 1. The number of allylic oxidation sites excluding steroid dienone is 1. The molecule has 0 radical (unpaired) electrons. The third-order valence-electron chi connectivity index (χ3n) is 3.40. The third-order valence-corrected chi connectivity index (χ3v) is 3.40. The molecule has 3 heteroatoms. The number of benzene rings is 1. The number of aromatic hydroxyl groups is 1. The summed E-state index contributed by atoms with van der Waals surface area (Å²) in [4.78, 5) is 3.99. The van der Waals surface area contributed by atoms with E-state index in [1.165, 1.54) is 0 Å². The van der Waals surface area contributed by atoms with E-state index in [0.29, 0.717) is 5.75 Å². The molecule has 1 heterocycles. The highest BCUT2D eigenvalue weighted by Crippen LogP contribution is 2.32. The van der Waals surface area contributed by atoms with Gasteiger partial charge in [-0.25, -0.2) is 0 Å². The number of hydrogen-bond acceptors (Lipinski definition) is 3. The molecule has 0 aliphatic carbocycles. The van der Waals surface area contributed by atoms with Crippen LogP contribution in [0.5, 0.6) is 11.5 Å². The van der Waals surface area contributed by atoms with Gasteiger partial charge in [-0.3, -0.25) is 4.98 Å². The van der Waals surface area contributed by atoms with Crippen LogP contribution in [0.4, 0.5) is 0 Å². The number of pyridine rings is 1. The highest BCUT2D eigenvalue weighted by Gasteiger charge is 2.10. The van der Waals surface area contributed by atoms with Crippen LogP contribution in [0.25, 0.3) is 12.2 Å². The summed E-state index contributed by atoms with van der Waals surface area (Å²) in [5.41, 5.74) is 3.86. The molecular weight excluding hydrogens is 274 g/mol. The van der Waals surface area contributed by atoms with Gasteiger partial charge >= 0.3 is 0 Å². The molecule has 1 aromatic carbocycles. The minimum atomic E-state index is 0.259. The molecule has 0 saturated carbocycles. The fourth-order valence-electron chi connectivity index (χ4n) is 2.19. The lowest BCUT2D eigenvalue weighted by atomic mass is 10.0. The zero-order chi connectivity index (χ0) is 15.9. The van der Waals surface area contributed by atoms with E-state index in [-0.39, 0.29) is 5.75 Å². The van der Waals surface area contributed by atoms with Gasteiger partial charge in [-0.2, -0.15) is 0 Å². The first-order valence-corrected chi connectivity index (χ1v) is 7.22. The van der Waals surface area contributed by atoms with Crippen molar-refractivity contribution >= 4 is 12.2 Å². The summed E-state index contributed by atoms with van der Waals surface area (Å²) < 4.78 is 5.42. The Bertz CT molecular complexity index is 675. The van der Waals surface area contributed by atoms with Gasteiger partial charge in [-0.1, -0.05) is 17.7 Å². The summed E-state index contributed by atoms with van der Waals surface area (Å²) in [5, 5.41) is 10.3. The van der Waals surface area contributed by atoms with Crippen LogP contribution < -0.4 is 4.74 Å². The first kappa shape index (κ1) is 15.8. The second-order valence-electron chi connectivity index (χ2n) is 5.29. The highest BCUT2D eigenvalue weighted by molar-refractivity contribution is 5.71. The normalized spacial score (nSPS) is 10.8. The van der Waals surface area contributed by atoms with E-state index in [1.54, 1.807) is 25.6 Å². The second-order valence-corrected chi connectivity index (χ2v) is 5.29. The summed E-state index contributed by atoms with van der Waals surface area (Å²) in [6, 6.07) is 7.54. The Labute approximate surface area is 131 Å². The van der Waals surface area contributed by atoms with Crippen LogP contribution >= 0.6 is 0 Å². The molecule has 22 heavy (non-hydrogen) atoms. The molecule has 114 valence electrons. The van der Waals surface area contributed by atoms with Gasteiger partial charge in [0.2, 0.25) is 0 Å². The SMILES string of the molecule is C=C(C)CCc1c(O)cc(C=Cc2ccncc2)cc1OC. The van der Waals surface area contributed by atoms with E-state index >= 15 is 0 Å². The van der Waals surface area contributed by atoms with Crippen molar-refractivity contribution in [3.05, 3.63) is 65.5 Å². The largest absolute Gasteiger partial charge is 0.508 e. The number of methoxy groups -OCH3 is 1. The average Bonchev–Trinajstić information content (AvgIpc) is 2.52. The first-order valence-electron chi connectivity index (χ1n) is 7.22. The number of aromatic nitrogens is 1. The van der Waals surface area contributed by atoms with Crippen molar-refractivity contribution in [3.63, 3.8) is 0 Å². The molecule has 2 rings (SSSR count). The molecule has 0 saturated heterocycles. The third kappa shape index (κ3) is 4.22. The molecule has 0 spiro atoms. The van der Waals surface area contributed by atoms with Crippen molar-refractivity contribution < 1.29 is 9.84 Å². The number of phenolic OH excluding ortho intramolecular Hbond substituents is 1. The lowest BCUT2D eigenvalue weighted by Crippen LogP contribution is -1.95. The number of rotatable bonds is 6. The zero-order valence-corrected chi connectivity index (χ0v) is 13.0. The molecule has 3 nitrogen and oxygen atoms in total. The van der Waals surface area contributed by atoms with Gasteiger partial charge in [0.15, 0.2) is 0 Å². The van der Waals surface area contributed by atoms with Gasteiger partial charge in [0, 0.05) is 18.0 Å². The van der Waals surface area contributed by atoms with Crippen LogP contribution in [0, 0.1) is 0 Å². The van der Waals surface area contributed by atoms with E-state index in [1.807, 2.05) is 37.3 Å². The highest BCUT2D eigenvalue weighted by atomic mass is 16.5. The van der Waals surface area contributed by atoms with Crippen molar-refractivity contribution in [2.24, 2.45) is 0 Å². The molecule has 0 unspecified atom stereocenters. The molecule has 0 amide bonds. The molecule has 0 fully saturated rings. The topological polar surface area (TPSA) is 42.4 Å². The van der Waals surface area contributed by atoms with Gasteiger partial charge < -0.3 is 9.84 Å². The predicted octanol–water partition coefficient (Wildman–Crippen LogP) is 4.47. The maximum absolute atomic E-state index is 10.3. The molecular formula is C19H21NO2. The molecule has 1 N–H and O–H groups in total. The summed E-state index contributed by atoms with van der Waals surface area (Å²) >= 11 is 0. The number of phenols is 1. The number of hydrogen-bond donors (Lipinski definition) is 1. The Hall–Kier alpha value is -2.55. The van der Waals surface area contributed by atoms with Crippen LogP contribution in [0.15, 0.2) is 48.8 Å². The summed E-state index contributed by atoms with van der Waals surface area (Å²) in [7, 11) is 1.62. The smallest absolute Gasteiger partial charge is 0.126 e. The average molecular weight is 295 g/mol. The molecule has 0 bridgehead atoms. The van der Waals surface area contributed by atoms with Crippen molar-refractivity contribution in [1.82, 2.24) is 4.98 Å². The van der Waals surface area contributed by atoms with Gasteiger partial charge in [0.05, 0.1) is 7.11 Å². The predicted molar refractivity (Wildman–Crippen MR) is 91.0 cm³/mol. The maximum atomic E-state index is 10.3. The van der Waals surface area contributed by atoms with E-state index in [4.69, 9.17) is 4.74 Å². The van der Waals surface area contributed by atoms with E-state index in [2.05, 4.69) is 11.6 Å². The quantitative estimate of drug-likeness (QED) is 0.799. The number of nitrogens with zero attached hydrogens (tertiary/aromatic N) is 1. The fourth-order valence-corrected chi connectivity index (χ4v) is 2.19. The molecule has 1 aromatic heterocycles. The van der Waals surface area contributed by atoms with Gasteiger partial charge in [0.1, 0.15) is 11.5 Å². The second kappa shape index (κ2) is 7.46. The van der Waals surface area contributed by atoms with Crippen LogP contribution in [0.3, 0.4) is 0 Å². The Morgan fingerprint density at radius 3 is 2.55 bits per heavy atom. The van der Waals surface area contributed by atoms with Gasteiger partial charge in [0.25, 0.3) is 0 Å². The van der Waals surface area contributed by atoms with Crippen LogP contribution in [-0.4, -0.2) is 17.2 Å². The van der Waals surface area contributed by atoms with E-state index in [0.717, 1.165) is 35.1 Å². The van der Waals surface area contributed by atoms with Crippen molar-refractivity contribution in [2.75, 3.05) is 7.11 Å². The molecule has 0 aliphatic heterocycles. The Morgan fingerprint density at radius 2 is 1.91 bits per heavy atom. The monoisotopic (exact) mass is 295 g/mol. The molecule has 0 aliphatic rings. The van der Waals surface area contributed by atoms with E-state index in [9.17, 15) is 5.11 Å². The van der Waals surface area contributed by atoms with Crippen molar-refractivity contribution in [2.45, 2.75) is 19.8 Å². The summed E-state index contributed by atoms with van der Waals surface area (Å²) in [6.45, 7) is 5.88. The Morgan fingerprint density at radius 1 is 1.23 bits per heavy atom. The standard InChI is InChI=1S/C19H21NO2/c1-14(2)4-7-17-18(21)12-16(13-19(17)22-3)6-5-15-8-10-20-11-9-15/h5-6,8-13,21H,1,4,7H2,2-3H3. The maximum Gasteiger partial charge on any atom is 0.126 e. The van der Waals surface area contributed by atoms with Gasteiger partial charge in [-0.05, 0) is 55.2 Å². The Kier molecular flexibility index (Phi) is 5.37. The minimum Gasteiger partial charge on any atom is -0.508 e. The fraction of sp³-hybridized carbons (Fsp3) is 0.211. The molecule has 2 aromatic rings. The van der Waals surface area contributed by atoms with Crippen LogP contribution in [-0.2, 0) is 6.42 Å². The zero-order valence-electron chi connectivity index (χ0n) is 13.0. The van der Waals surface area contributed by atoms with Crippen molar-refractivity contribution in [3.8, 4) is 11.5 Å². The first-order chi connectivity index (χ1) is 10.6. The lowest BCUT2D eigenvalue weighted by molar-refractivity contribution is 0.399. The van der Waals surface area contributed by atoms with Crippen molar-refractivity contribution in [1.29, 1.82) is 0 Å². The lowest BCUT2D eigenvalue weighted by Gasteiger charge is -2.12. The van der Waals surface area contributed by atoms with Crippen LogP contribution in [0.1, 0.15) is 30.0 Å². The molecule has 0 atom stereocenters. The van der Waals surface area contributed by atoms with Gasteiger partial charge in [-0.15, -0.1) is 6.58 Å². The van der Waals surface area contributed by atoms with Crippen LogP contribution in [0.2, 0.25) is 0 Å².